The smallest absolute Gasteiger partial charge is 0.222 e. The average molecular weight is 292 g/mol. The maximum atomic E-state index is 4.46. The molecule has 4 heteroatoms. The SMILES string of the molecule is C/C(=N/Nc1nc2ccccc2[nH]1)c1cc(C)c(C)cc1C. The molecule has 1 aromatic heterocycles. The molecule has 4 nitrogen and oxygen atoms in total. The van der Waals surface area contributed by atoms with E-state index >= 15 is 0 Å². The van der Waals surface area contributed by atoms with Crippen LogP contribution < -0.4 is 5.43 Å². The largest absolute Gasteiger partial charge is 0.323 e. The minimum absolute atomic E-state index is 0.655. The van der Waals surface area contributed by atoms with Gasteiger partial charge in [0.1, 0.15) is 0 Å². The van der Waals surface area contributed by atoms with Crippen LogP contribution in [-0.4, -0.2) is 15.7 Å². The Hall–Kier alpha value is -2.62. The van der Waals surface area contributed by atoms with Crippen molar-refractivity contribution < 1.29 is 0 Å². The second kappa shape index (κ2) is 5.64. The second-order valence-corrected chi connectivity index (χ2v) is 5.66. The van der Waals surface area contributed by atoms with Crippen molar-refractivity contribution in [3.05, 3.63) is 58.7 Å². The Morgan fingerprint density at radius 3 is 2.55 bits per heavy atom. The molecule has 112 valence electrons. The summed E-state index contributed by atoms with van der Waals surface area (Å²) in [5, 5.41) is 4.46. The van der Waals surface area contributed by atoms with Crippen molar-refractivity contribution in [1.82, 2.24) is 9.97 Å². The quantitative estimate of drug-likeness (QED) is 0.558. The van der Waals surface area contributed by atoms with Gasteiger partial charge >= 0.3 is 0 Å². The van der Waals surface area contributed by atoms with Crippen LogP contribution in [0, 0.1) is 20.8 Å². The van der Waals surface area contributed by atoms with E-state index < -0.39 is 0 Å². The number of hydrazone groups is 1. The summed E-state index contributed by atoms with van der Waals surface area (Å²) >= 11 is 0. The van der Waals surface area contributed by atoms with Crippen molar-refractivity contribution in [2.45, 2.75) is 27.7 Å². The van der Waals surface area contributed by atoms with Crippen LogP contribution in [0.4, 0.5) is 5.95 Å². The van der Waals surface area contributed by atoms with Gasteiger partial charge in [0, 0.05) is 5.56 Å². The Kier molecular flexibility index (Phi) is 3.67. The van der Waals surface area contributed by atoms with Gasteiger partial charge in [-0.15, -0.1) is 0 Å². The Bertz CT molecular complexity index is 826. The lowest BCUT2D eigenvalue weighted by Crippen LogP contribution is -2.04. The summed E-state index contributed by atoms with van der Waals surface area (Å²) < 4.78 is 0. The summed E-state index contributed by atoms with van der Waals surface area (Å²) in [6.45, 7) is 8.37. The van der Waals surface area contributed by atoms with Crippen molar-refractivity contribution >= 4 is 22.7 Å². The molecule has 0 saturated carbocycles. The van der Waals surface area contributed by atoms with Crippen LogP contribution in [0.1, 0.15) is 29.2 Å². The number of aryl methyl sites for hydroxylation is 3. The number of fused-ring (bicyclic) bond motifs is 1. The molecule has 3 aromatic rings. The average Bonchev–Trinajstić information content (AvgIpc) is 2.91. The highest BCUT2D eigenvalue weighted by Crippen LogP contribution is 2.17. The van der Waals surface area contributed by atoms with E-state index in [-0.39, 0.29) is 0 Å². The predicted octanol–water partition coefficient (Wildman–Crippen LogP) is 4.32. The van der Waals surface area contributed by atoms with Crippen molar-refractivity contribution in [2.24, 2.45) is 5.10 Å². The fourth-order valence-corrected chi connectivity index (χ4v) is 2.55. The van der Waals surface area contributed by atoms with Gasteiger partial charge in [-0.3, -0.25) is 0 Å². The first-order valence-corrected chi connectivity index (χ1v) is 7.38. The molecule has 2 aromatic carbocycles. The van der Waals surface area contributed by atoms with E-state index in [0.29, 0.717) is 5.95 Å². The number of H-pyrrole nitrogens is 1. The van der Waals surface area contributed by atoms with E-state index in [1.807, 2.05) is 31.2 Å². The van der Waals surface area contributed by atoms with Crippen LogP contribution in [0.5, 0.6) is 0 Å². The van der Waals surface area contributed by atoms with Gasteiger partial charge in [-0.05, 0) is 62.6 Å². The Morgan fingerprint density at radius 1 is 1.05 bits per heavy atom. The minimum atomic E-state index is 0.655. The molecule has 0 atom stereocenters. The Morgan fingerprint density at radius 2 is 1.77 bits per heavy atom. The summed E-state index contributed by atoms with van der Waals surface area (Å²) in [6, 6.07) is 12.3. The number of aromatic nitrogens is 2. The minimum Gasteiger partial charge on any atom is -0.323 e. The lowest BCUT2D eigenvalue weighted by molar-refractivity contribution is 1.20. The topological polar surface area (TPSA) is 53.1 Å². The molecule has 0 bridgehead atoms. The number of imidazole rings is 1. The second-order valence-electron chi connectivity index (χ2n) is 5.66. The van der Waals surface area contributed by atoms with Crippen LogP contribution in [-0.2, 0) is 0 Å². The third-order valence-electron chi connectivity index (χ3n) is 3.95. The van der Waals surface area contributed by atoms with Crippen LogP contribution in [0.15, 0.2) is 41.5 Å². The van der Waals surface area contributed by atoms with Gasteiger partial charge in [0.25, 0.3) is 0 Å². The van der Waals surface area contributed by atoms with E-state index in [1.54, 1.807) is 0 Å². The van der Waals surface area contributed by atoms with Crippen molar-refractivity contribution in [3.8, 4) is 0 Å². The van der Waals surface area contributed by atoms with E-state index in [1.165, 1.54) is 16.7 Å². The lowest BCUT2D eigenvalue weighted by Gasteiger charge is -2.09. The molecule has 1 heterocycles. The van der Waals surface area contributed by atoms with Crippen LogP contribution in [0.2, 0.25) is 0 Å². The molecule has 0 fully saturated rings. The fraction of sp³-hybridized carbons (Fsp3) is 0.222. The Balaban J connectivity index is 1.87. The van der Waals surface area contributed by atoms with Gasteiger partial charge in [-0.2, -0.15) is 5.10 Å². The normalized spacial score (nSPS) is 11.9. The molecule has 0 amide bonds. The van der Waals surface area contributed by atoms with Gasteiger partial charge in [0.05, 0.1) is 16.7 Å². The number of hydrogen-bond acceptors (Lipinski definition) is 3. The molecule has 0 unspecified atom stereocenters. The summed E-state index contributed by atoms with van der Waals surface area (Å²) in [6.07, 6.45) is 0. The molecule has 2 N–H and O–H groups in total. The molecule has 0 saturated heterocycles. The highest BCUT2D eigenvalue weighted by molar-refractivity contribution is 6.00. The first-order chi connectivity index (χ1) is 10.5. The monoisotopic (exact) mass is 292 g/mol. The number of benzene rings is 2. The summed E-state index contributed by atoms with van der Waals surface area (Å²) in [5.74, 6) is 0.655. The summed E-state index contributed by atoms with van der Waals surface area (Å²) in [5.41, 5.74) is 10.9. The molecule has 3 rings (SSSR count). The lowest BCUT2D eigenvalue weighted by atomic mass is 9.98. The third-order valence-corrected chi connectivity index (χ3v) is 3.95. The van der Waals surface area contributed by atoms with Crippen molar-refractivity contribution in [1.29, 1.82) is 0 Å². The predicted molar refractivity (Wildman–Crippen MR) is 92.6 cm³/mol. The van der Waals surface area contributed by atoms with Gasteiger partial charge in [-0.25, -0.2) is 10.4 Å². The maximum Gasteiger partial charge on any atom is 0.222 e. The molecule has 0 aliphatic carbocycles. The molecule has 0 aliphatic heterocycles. The number of hydrogen-bond donors (Lipinski definition) is 2. The van der Waals surface area contributed by atoms with Gasteiger partial charge in [0.2, 0.25) is 5.95 Å². The Labute approximate surface area is 130 Å². The zero-order chi connectivity index (χ0) is 15.7. The first-order valence-electron chi connectivity index (χ1n) is 7.38. The molecular weight excluding hydrogens is 272 g/mol. The van der Waals surface area contributed by atoms with Crippen LogP contribution in [0.25, 0.3) is 11.0 Å². The third kappa shape index (κ3) is 2.72. The molecule has 0 radical (unpaired) electrons. The van der Waals surface area contributed by atoms with Gasteiger partial charge in [0.15, 0.2) is 0 Å². The number of rotatable bonds is 3. The molecule has 0 aliphatic rings. The van der Waals surface area contributed by atoms with E-state index in [2.05, 4.69) is 53.4 Å². The molecule has 22 heavy (non-hydrogen) atoms. The first kappa shape index (κ1) is 14.3. The zero-order valence-corrected chi connectivity index (χ0v) is 13.4. The van der Waals surface area contributed by atoms with Crippen molar-refractivity contribution in [2.75, 3.05) is 5.43 Å². The highest BCUT2D eigenvalue weighted by Gasteiger charge is 2.06. The zero-order valence-electron chi connectivity index (χ0n) is 13.4. The number of aromatic amines is 1. The standard InChI is InChI=1S/C18H20N4/c1-11-9-13(3)15(10-12(11)2)14(4)21-22-18-19-16-7-5-6-8-17(16)20-18/h5-10H,1-4H3,(H2,19,20,22)/b21-14-. The van der Waals surface area contributed by atoms with Gasteiger partial charge < -0.3 is 4.98 Å². The molecular formula is C18H20N4. The number of nitrogens with zero attached hydrogens (tertiary/aromatic N) is 2. The fourth-order valence-electron chi connectivity index (χ4n) is 2.55. The number of anilines is 1. The van der Waals surface area contributed by atoms with Crippen LogP contribution >= 0.6 is 0 Å². The van der Waals surface area contributed by atoms with E-state index in [9.17, 15) is 0 Å². The van der Waals surface area contributed by atoms with E-state index in [0.717, 1.165) is 22.3 Å². The van der Waals surface area contributed by atoms with Gasteiger partial charge in [-0.1, -0.05) is 18.2 Å². The van der Waals surface area contributed by atoms with E-state index in [4.69, 9.17) is 0 Å². The number of para-hydroxylation sites is 2. The van der Waals surface area contributed by atoms with Crippen molar-refractivity contribution in [3.63, 3.8) is 0 Å². The summed E-state index contributed by atoms with van der Waals surface area (Å²) in [7, 11) is 0. The maximum absolute atomic E-state index is 4.46. The van der Waals surface area contributed by atoms with Crippen LogP contribution in [0.3, 0.4) is 0 Å². The highest BCUT2D eigenvalue weighted by atomic mass is 15.4. The number of nitrogens with one attached hydrogen (secondary N) is 2. The molecule has 0 spiro atoms. The summed E-state index contributed by atoms with van der Waals surface area (Å²) in [4.78, 5) is 7.67.